The van der Waals surface area contributed by atoms with Gasteiger partial charge in [-0.25, -0.2) is 0 Å². The van der Waals surface area contributed by atoms with Gasteiger partial charge in [0.05, 0.1) is 22.8 Å². The van der Waals surface area contributed by atoms with Crippen molar-refractivity contribution in [3.63, 3.8) is 0 Å². The molecule has 1 N–H and O–H groups in total. The van der Waals surface area contributed by atoms with Crippen LogP contribution in [0.25, 0.3) is 0 Å². The maximum absolute atomic E-state index is 12.3. The predicted octanol–water partition coefficient (Wildman–Crippen LogP) is 1.98. The zero-order valence-electron chi connectivity index (χ0n) is 11.0. The molecule has 1 atom stereocenters. The molecule has 1 aliphatic heterocycles. The Morgan fingerprint density at radius 2 is 2.39 bits per heavy atom. The number of piperidine rings is 1. The quantitative estimate of drug-likeness (QED) is 0.909. The molecule has 0 aromatic carbocycles. The number of hydrogen-bond donors (Lipinski definition) is 1. The van der Waals surface area contributed by atoms with E-state index >= 15 is 0 Å². The highest BCUT2D eigenvalue weighted by molar-refractivity contribution is 6.32. The lowest BCUT2D eigenvalue weighted by atomic mass is 9.92. The number of aromatic nitrogens is 2. The Bertz CT molecular complexity index is 436. The van der Waals surface area contributed by atoms with Crippen molar-refractivity contribution in [2.45, 2.75) is 39.7 Å². The second kappa shape index (κ2) is 5.85. The van der Waals surface area contributed by atoms with Gasteiger partial charge in [0, 0.05) is 19.0 Å². The zero-order chi connectivity index (χ0) is 13.1. The van der Waals surface area contributed by atoms with Crippen molar-refractivity contribution >= 4 is 17.4 Å². The Morgan fingerprint density at radius 3 is 3.00 bits per heavy atom. The third kappa shape index (κ3) is 2.75. The van der Waals surface area contributed by atoms with Crippen LogP contribution in [0, 0.1) is 12.8 Å². The Balaban J connectivity index is 2.10. The molecule has 4 nitrogen and oxygen atoms in total. The summed E-state index contributed by atoms with van der Waals surface area (Å²) in [6.45, 7) is 6.47. The highest BCUT2D eigenvalue weighted by Gasteiger charge is 2.24. The van der Waals surface area contributed by atoms with Gasteiger partial charge in [-0.2, -0.15) is 5.10 Å². The van der Waals surface area contributed by atoms with Crippen LogP contribution in [-0.2, 0) is 17.8 Å². The van der Waals surface area contributed by atoms with E-state index in [1.54, 1.807) is 0 Å². The number of halogens is 1. The highest BCUT2D eigenvalue weighted by Crippen LogP contribution is 2.23. The first-order valence-electron chi connectivity index (χ1n) is 6.58. The SMILES string of the molecule is CCn1nc(C)c(Cl)c1CC(=O)C1CCCNC1. The summed E-state index contributed by atoms with van der Waals surface area (Å²) in [6, 6.07) is 0. The van der Waals surface area contributed by atoms with Crippen LogP contribution >= 0.6 is 11.6 Å². The molecule has 2 rings (SSSR count). The lowest BCUT2D eigenvalue weighted by Gasteiger charge is -2.21. The van der Waals surface area contributed by atoms with E-state index in [4.69, 9.17) is 11.6 Å². The van der Waals surface area contributed by atoms with E-state index in [0.29, 0.717) is 11.4 Å². The van der Waals surface area contributed by atoms with Crippen molar-refractivity contribution in [2.75, 3.05) is 13.1 Å². The minimum Gasteiger partial charge on any atom is -0.316 e. The van der Waals surface area contributed by atoms with E-state index in [2.05, 4.69) is 10.4 Å². The van der Waals surface area contributed by atoms with E-state index in [0.717, 1.165) is 43.9 Å². The standard InChI is InChI=1S/C13H20ClN3O/c1-3-17-11(13(14)9(2)16-17)7-12(18)10-5-4-6-15-8-10/h10,15H,3-8H2,1-2H3. The molecule has 0 bridgehead atoms. The van der Waals surface area contributed by atoms with Gasteiger partial charge >= 0.3 is 0 Å². The summed E-state index contributed by atoms with van der Waals surface area (Å²) in [4.78, 5) is 12.3. The molecule has 1 aromatic rings. The predicted molar refractivity (Wildman–Crippen MR) is 72.0 cm³/mol. The normalized spacial score (nSPS) is 20.1. The molecule has 1 unspecified atom stereocenters. The van der Waals surface area contributed by atoms with Crippen molar-refractivity contribution in [3.8, 4) is 0 Å². The number of rotatable bonds is 4. The molecule has 0 amide bonds. The first-order chi connectivity index (χ1) is 8.63. The lowest BCUT2D eigenvalue weighted by molar-refractivity contribution is -0.122. The number of hydrogen-bond acceptors (Lipinski definition) is 3. The van der Waals surface area contributed by atoms with Crippen LogP contribution in [0.4, 0.5) is 0 Å². The molecule has 1 saturated heterocycles. The average molecular weight is 270 g/mol. The number of ketones is 1. The molecule has 100 valence electrons. The van der Waals surface area contributed by atoms with Gasteiger partial charge in [-0.3, -0.25) is 9.48 Å². The van der Waals surface area contributed by atoms with Crippen LogP contribution in [0.15, 0.2) is 0 Å². The van der Waals surface area contributed by atoms with E-state index < -0.39 is 0 Å². The van der Waals surface area contributed by atoms with Crippen LogP contribution in [0.3, 0.4) is 0 Å². The van der Waals surface area contributed by atoms with E-state index in [-0.39, 0.29) is 11.7 Å². The molecule has 2 heterocycles. The third-order valence-electron chi connectivity index (χ3n) is 3.55. The summed E-state index contributed by atoms with van der Waals surface area (Å²) in [5.74, 6) is 0.411. The topological polar surface area (TPSA) is 46.9 Å². The van der Waals surface area contributed by atoms with Gasteiger partial charge in [-0.1, -0.05) is 11.6 Å². The van der Waals surface area contributed by atoms with Gasteiger partial charge in [0.2, 0.25) is 0 Å². The zero-order valence-corrected chi connectivity index (χ0v) is 11.8. The largest absolute Gasteiger partial charge is 0.316 e. The highest BCUT2D eigenvalue weighted by atomic mass is 35.5. The van der Waals surface area contributed by atoms with Crippen LogP contribution in [0.1, 0.15) is 31.2 Å². The molecule has 0 aliphatic carbocycles. The number of nitrogens with zero attached hydrogens (tertiary/aromatic N) is 2. The van der Waals surface area contributed by atoms with Crippen LogP contribution in [0.5, 0.6) is 0 Å². The molecule has 0 radical (unpaired) electrons. The monoisotopic (exact) mass is 269 g/mol. The Hall–Kier alpha value is -0.870. The van der Waals surface area contributed by atoms with Crippen LogP contribution < -0.4 is 5.32 Å². The Labute approximate surface area is 113 Å². The fourth-order valence-electron chi connectivity index (χ4n) is 2.47. The van der Waals surface area contributed by atoms with Crippen molar-refractivity contribution in [1.82, 2.24) is 15.1 Å². The minimum atomic E-state index is 0.135. The second-order valence-corrected chi connectivity index (χ2v) is 5.23. The minimum absolute atomic E-state index is 0.135. The summed E-state index contributed by atoms with van der Waals surface area (Å²) < 4.78 is 1.84. The number of carbonyl (C=O) groups excluding carboxylic acids is 1. The van der Waals surface area contributed by atoms with E-state index in [1.807, 2.05) is 18.5 Å². The molecular formula is C13H20ClN3O. The molecular weight excluding hydrogens is 250 g/mol. The van der Waals surface area contributed by atoms with Gasteiger partial charge in [-0.15, -0.1) is 0 Å². The van der Waals surface area contributed by atoms with E-state index in [1.165, 1.54) is 0 Å². The van der Waals surface area contributed by atoms with Gasteiger partial charge < -0.3 is 5.32 Å². The van der Waals surface area contributed by atoms with Crippen molar-refractivity contribution in [3.05, 3.63) is 16.4 Å². The maximum atomic E-state index is 12.3. The van der Waals surface area contributed by atoms with Crippen molar-refractivity contribution in [1.29, 1.82) is 0 Å². The summed E-state index contributed by atoms with van der Waals surface area (Å²) in [6.07, 6.45) is 2.47. The van der Waals surface area contributed by atoms with Gasteiger partial charge in [0.1, 0.15) is 5.78 Å². The van der Waals surface area contributed by atoms with Gasteiger partial charge in [-0.05, 0) is 33.2 Å². The fraction of sp³-hybridized carbons (Fsp3) is 0.692. The van der Waals surface area contributed by atoms with Crippen molar-refractivity contribution < 1.29 is 4.79 Å². The molecule has 5 heteroatoms. The molecule has 1 aliphatic rings. The van der Waals surface area contributed by atoms with Crippen LogP contribution in [0.2, 0.25) is 5.02 Å². The fourth-order valence-corrected chi connectivity index (χ4v) is 2.68. The first-order valence-corrected chi connectivity index (χ1v) is 6.96. The Morgan fingerprint density at radius 1 is 1.61 bits per heavy atom. The molecule has 1 aromatic heterocycles. The summed E-state index contributed by atoms with van der Waals surface area (Å²) in [5, 5.41) is 8.26. The summed E-state index contributed by atoms with van der Waals surface area (Å²) in [7, 11) is 0. The molecule has 0 saturated carbocycles. The molecule has 1 fully saturated rings. The molecule has 18 heavy (non-hydrogen) atoms. The smallest absolute Gasteiger partial charge is 0.143 e. The number of nitrogens with one attached hydrogen (secondary N) is 1. The average Bonchev–Trinajstić information content (AvgIpc) is 2.67. The maximum Gasteiger partial charge on any atom is 0.143 e. The third-order valence-corrected chi connectivity index (χ3v) is 4.04. The second-order valence-electron chi connectivity index (χ2n) is 4.85. The summed E-state index contributed by atoms with van der Waals surface area (Å²) in [5.41, 5.74) is 1.68. The number of Topliss-reactive ketones (excluding diaryl/α,β-unsaturated/α-hetero) is 1. The van der Waals surface area contributed by atoms with E-state index in [9.17, 15) is 4.79 Å². The van der Waals surface area contributed by atoms with Crippen LogP contribution in [-0.4, -0.2) is 28.7 Å². The number of carbonyl (C=O) groups is 1. The Kier molecular flexibility index (Phi) is 4.40. The summed E-state index contributed by atoms with van der Waals surface area (Å²) >= 11 is 6.22. The molecule has 0 spiro atoms. The number of aryl methyl sites for hydroxylation is 2. The van der Waals surface area contributed by atoms with Gasteiger partial charge in [0.15, 0.2) is 0 Å². The first kappa shape index (κ1) is 13.6. The lowest BCUT2D eigenvalue weighted by Crippen LogP contribution is -2.35. The van der Waals surface area contributed by atoms with Crippen molar-refractivity contribution in [2.24, 2.45) is 5.92 Å². The van der Waals surface area contributed by atoms with Gasteiger partial charge in [0.25, 0.3) is 0 Å².